The van der Waals surface area contributed by atoms with E-state index in [4.69, 9.17) is 0 Å². The molecule has 0 aliphatic heterocycles. The lowest BCUT2D eigenvalue weighted by atomic mass is 9.55. The Hall–Kier alpha value is -1.36. The van der Waals surface area contributed by atoms with E-state index >= 15 is 0 Å². The van der Waals surface area contributed by atoms with E-state index in [0.717, 1.165) is 24.0 Å². The molecule has 0 amide bonds. The van der Waals surface area contributed by atoms with Crippen molar-refractivity contribution in [2.45, 2.75) is 91.0 Å². The highest BCUT2D eigenvalue weighted by Crippen LogP contribution is 2.61. The van der Waals surface area contributed by atoms with Crippen molar-refractivity contribution in [3.05, 3.63) is 41.5 Å². The van der Waals surface area contributed by atoms with Gasteiger partial charge in [-0.25, -0.2) is 0 Å². The van der Waals surface area contributed by atoms with E-state index in [2.05, 4.69) is 39.8 Å². The average Bonchev–Trinajstić information content (AvgIpc) is 2.97. The molecule has 3 rings (SSSR count). The lowest BCUT2D eigenvalue weighted by Gasteiger charge is -2.53. The van der Waals surface area contributed by atoms with Crippen LogP contribution in [0.3, 0.4) is 0 Å². The van der Waals surface area contributed by atoms with Crippen LogP contribution in [0.4, 0.5) is 0 Å². The van der Waals surface area contributed by atoms with Gasteiger partial charge in [-0.05, 0) is 91.9 Å². The fourth-order valence-electron chi connectivity index (χ4n) is 6.58. The number of fused-ring (bicyclic) bond motifs is 1. The quantitative estimate of drug-likeness (QED) is 0.470. The summed E-state index contributed by atoms with van der Waals surface area (Å²) in [7, 11) is 0. The van der Waals surface area contributed by atoms with Crippen molar-refractivity contribution < 1.29 is 20.4 Å². The number of phenolic OH excluding ortho intramolecular Hbond substituents is 1. The third kappa shape index (κ3) is 4.72. The van der Waals surface area contributed by atoms with Gasteiger partial charge in [0.05, 0.1) is 17.8 Å². The van der Waals surface area contributed by atoms with Gasteiger partial charge in [0.15, 0.2) is 0 Å². The molecule has 31 heavy (non-hydrogen) atoms. The lowest BCUT2D eigenvalue weighted by molar-refractivity contribution is -0.197. The van der Waals surface area contributed by atoms with Crippen LogP contribution in [0.15, 0.2) is 30.4 Å². The molecule has 4 heteroatoms. The van der Waals surface area contributed by atoms with Gasteiger partial charge in [0.2, 0.25) is 0 Å². The third-order valence-electron chi connectivity index (χ3n) is 8.32. The van der Waals surface area contributed by atoms with Crippen LogP contribution in [0.25, 0.3) is 0 Å². The minimum absolute atomic E-state index is 0.213. The van der Waals surface area contributed by atoms with Crippen LogP contribution in [-0.2, 0) is 6.42 Å². The molecule has 1 aromatic carbocycles. The number of phenols is 1. The molecule has 2 aliphatic rings. The maximum absolute atomic E-state index is 11.8. The maximum atomic E-state index is 11.8. The number of allylic oxidation sites excluding steroid dienone is 2. The second-order valence-electron chi connectivity index (χ2n) is 11.0. The number of aromatic hydroxyl groups is 1. The average molecular weight is 431 g/mol. The number of aryl methyl sites for hydroxylation is 2. The Balaban J connectivity index is 1.84. The number of aliphatic hydroxyl groups excluding tert-OH is 2. The Morgan fingerprint density at radius 3 is 2.58 bits per heavy atom. The minimum Gasteiger partial charge on any atom is -0.508 e. The molecule has 174 valence electrons. The molecule has 0 saturated heterocycles. The van der Waals surface area contributed by atoms with E-state index in [-0.39, 0.29) is 23.0 Å². The van der Waals surface area contributed by atoms with Crippen molar-refractivity contribution in [3.63, 3.8) is 0 Å². The summed E-state index contributed by atoms with van der Waals surface area (Å²) < 4.78 is 0. The second-order valence-corrected chi connectivity index (χ2v) is 11.0. The lowest BCUT2D eigenvalue weighted by Crippen LogP contribution is -2.60. The molecule has 0 heterocycles. The Morgan fingerprint density at radius 1 is 1.19 bits per heavy atom. The van der Waals surface area contributed by atoms with E-state index in [1.54, 1.807) is 12.1 Å². The Labute approximate surface area is 188 Å². The highest BCUT2D eigenvalue weighted by Gasteiger charge is 2.64. The van der Waals surface area contributed by atoms with Gasteiger partial charge in [-0.2, -0.15) is 0 Å². The van der Waals surface area contributed by atoms with E-state index in [0.29, 0.717) is 37.5 Å². The zero-order valence-corrected chi connectivity index (χ0v) is 19.9. The monoisotopic (exact) mass is 430 g/mol. The van der Waals surface area contributed by atoms with E-state index in [9.17, 15) is 20.4 Å². The summed E-state index contributed by atoms with van der Waals surface area (Å²) in [5.74, 6) is 1.07. The van der Waals surface area contributed by atoms with Crippen LogP contribution in [0, 0.1) is 36.0 Å². The van der Waals surface area contributed by atoms with Crippen molar-refractivity contribution in [3.8, 4) is 5.75 Å². The van der Waals surface area contributed by atoms with Crippen LogP contribution < -0.4 is 0 Å². The Bertz CT molecular complexity index is 787. The molecule has 0 unspecified atom stereocenters. The highest BCUT2D eigenvalue weighted by atomic mass is 16.3. The van der Waals surface area contributed by atoms with Gasteiger partial charge < -0.3 is 20.4 Å². The van der Waals surface area contributed by atoms with Crippen LogP contribution in [-0.4, -0.2) is 38.2 Å². The molecule has 2 saturated carbocycles. The predicted octanol–water partition coefficient (Wildman–Crippen LogP) is 4.76. The third-order valence-corrected chi connectivity index (χ3v) is 8.32. The highest BCUT2D eigenvalue weighted by molar-refractivity contribution is 5.34. The first kappa shape index (κ1) is 24.3. The molecule has 0 radical (unpaired) electrons. The first-order valence-electron chi connectivity index (χ1n) is 12.0. The van der Waals surface area contributed by atoms with Crippen LogP contribution in [0.2, 0.25) is 0 Å². The van der Waals surface area contributed by atoms with Gasteiger partial charge >= 0.3 is 0 Å². The molecular weight excluding hydrogens is 388 g/mol. The number of hydrogen-bond donors (Lipinski definition) is 4. The summed E-state index contributed by atoms with van der Waals surface area (Å²) in [6, 6.07) is 5.28. The van der Waals surface area contributed by atoms with Crippen molar-refractivity contribution in [2.24, 2.45) is 29.1 Å². The van der Waals surface area contributed by atoms with Crippen LogP contribution in [0.5, 0.6) is 5.75 Å². The molecule has 0 bridgehead atoms. The minimum atomic E-state index is -1.33. The Kier molecular flexibility index (Phi) is 7.25. The molecule has 7 atom stereocenters. The number of benzene rings is 1. The molecule has 4 N–H and O–H groups in total. The number of rotatable bonds is 7. The first-order valence-corrected chi connectivity index (χ1v) is 12.0. The topological polar surface area (TPSA) is 80.9 Å². The molecule has 2 fully saturated rings. The van der Waals surface area contributed by atoms with Crippen LogP contribution >= 0.6 is 0 Å². The maximum Gasteiger partial charge on any atom is 0.115 e. The zero-order chi connectivity index (χ0) is 23.0. The molecule has 0 aromatic heterocycles. The molecular formula is C27H42O4. The predicted molar refractivity (Wildman–Crippen MR) is 125 cm³/mol. The fraction of sp³-hybridized carbons (Fsp3) is 0.704. The smallest absolute Gasteiger partial charge is 0.115 e. The summed E-state index contributed by atoms with van der Waals surface area (Å²) in [6.07, 6.45) is 7.08. The summed E-state index contributed by atoms with van der Waals surface area (Å²) in [4.78, 5) is 0. The molecule has 4 nitrogen and oxygen atoms in total. The Morgan fingerprint density at radius 2 is 1.90 bits per heavy atom. The summed E-state index contributed by atoms with van der Waals surface area (Å²) >= 11 is 0. The van der Waals surface area contributed by atoms with Gasteiger partial charge in [-0.15, -0.1) is 0 Å². The summed E-state index contributed by atoms with van der Waals surface area (Å²) in [5, 5.41) is 43.7. The first-order chi connectivity index (χ1) is 14.5. The molecule has 1 aromatic rings. The van der Waals surface area contributed by atoms with Crippen LogP contribution in [0.1, 0.15) is 70.9 Å². The van der Waals surface area contributed by atoms with Gasteiger partial charge in [-0.1, -0.05) is 45.9 Å². The van der Waals surface area contributed by atoms with Gasteiger partial charge in [0.1, 0.15) is 5.75 Å². The number of hydrogen-bond acceptors (Lipinski definition) is 4. The van der Waals surface area contributed by atoms with Crippen molar-refractivity contribution >= 4 is 0 Å². The fourth-order valence-corrected chi connectivity index (χ4v) is 6.58. The van der Waals surface area contributed by atoms with Crippen molar-refractivity contribution in [2.75, 3.05) is 0 Å². The molecule has 2 aliphatic carbocycles. The van der Waals surface area contributed by atoms with E-state index in [1.807, 2.05) is 13.0 Å². The normalized spacial score (nSPS) is 36.8. The van der Waals surface area contributed by atoms with Gasteiger partial charge in [0, 0.05) is 5.92 Å². The van der Waals surface area contributed by atoms with E-state index < -0.39 is 17.8 Å². The largest absolute Gasteiger partial charge is 0.508 e. The number of aliphatic hydroxyl groups is 3. The second kappa shape index (κ2) is 9.25. The standard InChI is InChI=1S/C27H42O4/c1-17(2)7-6-8-19(4)22-16-23(29)25-26(22,5)13-12-24(30)27(25,31)14-11-20-15-21(28)10-9-18(20)3/h6,8-10,15,17,19,22-25,28-31H,7,11-14,16H2,1-5H3/b8-6+/t19-,22-,23-,24-,25-,26-,27+/m1/s1. The van der Waals surface area contributed by atoms with Gasteiger partial charge in [0.25, 0.3) is 0 Å². The van der Waals surface area contributed by atoms with Crippen molar-refractivity contribution in [1.29, 1.82) is 0 Å². The zero-order valence-electron chi connectivity index (χ0n) is 19.9. The molecule has 0 spiro atoms. The summed E-state index contributed by atoms with van der Waals surface area (Å²) in [6.45, 7) is 10.8. The van der Waals surface area contributed by atoms with E-state index in [1.165, 1.54) is 0 Å². The summed E-state index contributed by atoms with van der Waals surface area (Å²) in [5.41, 5.74) is 0.480. The van der Waals surface area contributed by atoms with Gasteiger partial charge in [-0.3, -0.25) is 0 Å². The van der Waals surface area contributed by atoms with Crippen molar-refractivity contribution in [1.82, 2.24) is 0 Å². The SMILES string of the molecule is Cc1ccc(O)cc1CC[C@]1(O)[C@H](O)CC[C@]2(C)[C@@H]([C@H](C)/C=C/CC(C)C)C[C@@H](O)[C@H]21.